The van der Waals surface area contributed by atoms with Crippen LogP contribution in [0.1, 0.15) is 0 Å². The van der Waals surface area contributed by atoms with Crippen LogP contribution in [-0.2, 0) is 18.4 Å². The molecule has 1 aliphatic heterocycles. The molecule has 1 aromatic carbocycles. The SMILES string of the molecule is CN(C)CCNC(=O)COc1cc(N2CCN(CCn3c(=O)n(C)c4c3nc(N)n3nc(-c5ccco5)cc43)CC2)c(F)cc1F. The molecule has 4 aromatic heterocycles. The van der Waals surface area contributed by atoms with Gasteiger partial charge >= 0.3 is 5.69 Å². The number of fused-ring (bicyclic) bond motifs is 3. The summed E-state index contributed by atoms with van der Waals surface area (Å²) in [5.74, 6) is -1.45. The normalized spacial score (nSPS) is 14.2. The molecule has 0 aliphatic carbocycles. The summed E-state index contributed by atoms with van der Waals surface area (Å²) in [6.45, 7) is 3.69. The highest BCUT2D eigenvalue weighted by molar-refractivity contribution is 5.91. The van der Waals surface area contributed by atoms with Crippen LogP contribution in [0.25, 0.3) is 28.1 Å². The zero-order valence-corrected chi connectivity index (χ0v) is 25.9. The molecule has 1 amide bonds. The lowest BCUT2D eigenvalue weighted by molar-refractivity contribution is -0.123. The summed E-state index contributed by atoms with van der Waals surface area (Å²) in [5, 5.41) is 7.20. The van der Waals surface area contributed by atoms with E-state index in [1.54, 1.807) is 30.0 Å². The number of amides is 1. The molecule has 0 unspecified atom stereocenters. The topological polar surface area (TPSA) is 144 Å². The third-order valence-electron chi connectivity index (χ3n) is 8.08. The molecule has 1 fully saturated rings. The molecular weight excluding hydrogens is 602 g/mol. The van der Waals surface area contributed by atoms with Gasteiger partial charge in [0.05, 0.1) is 17.5 Å². The molecule has 0 spiro atoms. The highest BCUT2D eigenvalue weighted by Crippen LogP contribution is 2.29. The maximum atomic E-state index is 14.8. The number of nitrogen functional groups attached to an aromatic ring is 1. The van der Waals surface area contributed by atoms with Crippen molar-refractivity contribution in [1.29, 1.82) is 0 Å². The van der Waals surface area contributed by atoms with Crippen molar-refractivity contribution in [3.63, 3.8) is 0 Å². The number of aryl methyl sites for hydroxylation is 1. The van der Waals surface area contributed by atoms with Gasteiger partial charge in [0.2, 0.25) is 5.95 Å². The number of carbonyl (C=O) groups excluding carboxylic acids is 1. The van der Waals surface area contributed by atoms with Gasteiger partial charge in [-0.25, -0.2) is 13.6 Å². The van der Waals surface area contributed by atoms with Crippen LogP contribution < -0.4 is 26.4 Å². The van der Waals surface area contributed by atoms with E-state index in [2.05, 4.69) is 20.3 Å². The van der Waals surface area contributed by atoms with E-state index in [4.69, 9.17) is 14.9 Å². The predicted molar refractivity (Wildman–Crippen MR) is 168 cm³/mol. The number of halogens is 2. The van der Waals surface area contributed by atoms with Crippen LogP contribution >= 0.6 is 0 Å². The van der Waals surface area contributed by atoms with Gasteiger partial charge in [0, 0.05) is 71.5 Å². The number of hydrogen-bond acceptors (Lipinski definition) is 10. The Labute approximate surface area is 262 Å². The Morgan fingerprint density at radius 3 is 2.63 bits per heavy atom. The van der Waals surface area contributed by atoms with Crippen LogP contribution in [0.5, 0.6) is 5.75 Å². The molecule has 0 radical (unpaired) electrons. The molecule has 5 aromatic rings. The number of benzene rings is 1. The zero-order valence-electron chi connectivity index (χ0n) is 25.9. The zero-order chi connectivity index (χ0) is 32.5. The third-order valence-corrected chi connectivity index (χ3v) is 8.08. The monoisotopic (exact) mass is 638 g/mol. The molecule has 1 saturated heterocycles. The fourth-order valence-electron chi connectivity index (χ4n) is 5.61. The van der Waals surface area contributed by atoms with Gasteiger partial charge in [-0.2, -0.15) is 14.6 Å². The minimum absolute atomic E-state index is 0.142. The molecule has 1 aliphatic rings. The van der Waals surface area contributed by atoms with E-state index in [1.165, 1.54) is 15.1 Å². The van der Waals surface area contributed by atoms with Crippen molar-refractivity contribution in [3.8, 4) is 17.2 Å². The second-order valence-corrected chi connectivity index (χ2v) is 11.4. The minimum Gasteiger partial charge on any atom is -0.481 e. The molecular formula is C30H36F2N10O4. The number of furan rings is 1. The van der Waals surface area contributed by atoms with Crippen LogP contribution in [-0.4, -0.2) is 106 Å². The molecule has 0 saturated carbocycles. The first-order valence-corrected chi connectivity index (χ1v) is 14.9. The quantitative estimate of drug-likeness (QED) is 0.218. The second kappa shape index (κ2) is 12.8. The largest absolute Gasteiger partial charge is 0.481 e. The van der Waals surface area contributed by atoms with Gasteiger partial charge in [-0.3, -0.25) is 18.8 Å². The lowest BCUT2D eigenvalue weighted by Gasteiger charge is -2.36. The molecule has 0 bridgehead atoms. The summed E-state index contributed by atoms with van der Waals surface area (Å²) < 4.78 is 44.8. The van der Waals surface area contributed by atoms with Gasteiger partial charge in [-0.1, -0.05) is 0 Å². The van der Waals surface area contributed by atoms with Gasteiger partial charge < -0.3 is 30.0 Å². The van der Waals surface area contributed by atoms with Gasteiger partial charge in [-0.15, -0.1) is 0 Å². The van der Waals surface area contributed by atoms with Crippen molar-refractivity contribution in [3.05, 3.63) is 58.7 Å². The van der Waals surface area contributed by atoms with Crippen LogP contribution in [0, 0.1) is 11.6 Å². The predicted octanol–water partition coefficient (Wildman–Crippen LogP) is 1.38. The fraction of sp³-hybridized carbons (Fsp3) is 0.400. The number of nitrogens with zero attached hydrogens (tertiary/aromatic N) is 8. The fourth-order valence-corrected chi connectivity index (χ4v) is 5.61. The number of piperazine rings is 1. The smallest absolute Gasteiger partial charge is 0.330 e. The van der Waals surface area contributed by atoms with Crippen LogP contribution in [0.15, 0.2) is 45.8 Å². The van der Waals surface area contributed by atoms with Crippen molar-refractivity contribution in [2.45, 2.75) is 6.54 Å². The number of carbonyl (C=O) groups is 1. The number of hydrogen-bond donors (Lipinski definition) is 2. The Morgan fingerprint density at radius 1 is 1.13 bits per heavy atom. The molecule has 244 valence electrons. The Hall–Kier alpha value is -4.96. The van der Waals surface area contributed by atoms with Crippen molar-refractivity contribution in [1.82, 2.24) is 38.8 Å². The number of imidazole rings is 1. The first kappa shape index (κ1) is 31.0. The minimum atomic E-state index is -0.874. The number of rotatable bonds is 11. The highest BCUT2D eigenvalue weighted by atomic mass is 19.1. The van der Waals surface area contributed by atoms with Gasteiger partial charge in [0.25, 0.3) is 5.91 Å². The number of nitrogens with one attached hydrogen (secondary N) is 1. The summed E-state index contributed by atoms with van der Waals surface area (Å²) in [6.07, 6.45) is 1.56. The van der Waals surface area contributed by atoms with E-state index < -0.39 is 17.5 Å². The van der Waals surface area contributed by atoms with E-state index in [1.807, 2.05) is 30.0 Å². The number of anilines is 2. The molecule has 5 heterocycles. The molecule has 0 atom stereocenters. The highest BCUT2D eigenvalue weighted by Gasteiger charge is 2.24. The summed E-state index contributed by atoms with van der Waals surface area (Å²) in [7, 11) is 5.45. The lowest BCUT2D eigenvalue weighted by atomic mass is 10.2. The number of ether oxygens (including phenoxy) is 1. The molecule has 14 nitrogen and oxygen atoms in total. The maximum absolute atomic E-state index is 14.8. The molecule has 16 heteroatoms. The van der Waals surface area contributed by atoms with E-state index in [0.29, 0.717) is 80.5 Å². The molecule has 3 N–H and O–H groups in total. The number of aromatic nitrogens is 5. The Balaban J connectivity index is 1.11. The summed E-state index contributed by atoms with van der Waals surface area (Å²) in [4.78, 5) is 35.8. The first-order valence-electron chi connectivity index (χ1n) is 14.9. The lowest BCUT2D eigenvalue weighted by Crippen LogP contribution is -2.47. The number of likely N-dealkylation sites (N-methyl/N-ethyl adjacent to an activating group) is 1. The van der Waals surface area contributed by atoms with Crippen LogP contribution in [0.3, 0.4) is 0 Å². The average molecular weight is 639 g/mol. The summed E-state index contributed by atoms with van der Waals surface area (Å²) in [5.41, 5.74) is 8.48. The first-order chi connectivity index (χ1) is 22.1. The van der Waals surface area contributed by atoms with Crippen molar-refractivity contribution < 1.29 is 22.7 Å². The summed E-state index contributed by atoms with van der Waals surface area (Å²) in [6, 6.07) is 7.45. The standard InChI is InChI=1S/C30H36F2N10O4/c1-37(2)7-6-34-26(43)18-46-25-17-22(19(31)15-20(25)32)40-11-8-39(9-12-40)10-13-41-28-27(38(3)30(41)44)23-16-21(24-5-4-14-45-24)36-42(23)29(33)35-28/h4-5,14-17H,6-13,18H2,1-3H3,(H2,33,35)(H,34,43). The van der Waals surface area contributed by atoms with Crippen LogP contribution in [0.4, 0.5) is 20.4 Å². The molecule has 46 heavy (non-hydrogen) atoms. The summed E-state index contributed by atoms with van der Waals surface area (Å²) >= 11 is 0. The van der Waals surface area contributed by atoms with E-state index in [0.717, 1.165) is 6.07 Å². The van der Waals surface area contributed by atoms with Crippen molar-refractivity contribution in [2.75, 3.05) is 77.1 Å². The Kier molecular flexibility index (Phi) is 8.64. The van der Waals surface area contributed by atoms with E-state index >= 15 is 0 Å². The van der Waals surface area contributed by atoms with E-state index in [9.17, 15) is 18.4 Å². The van der Waals surface area contributed by atoms with Crippen molar-refractivity contribution in [2.24, 2.45) is 7.05 Å². The Bertz CT molecular complexity index is 1920. The number of nitrogens with two attached hydrogens (primary N) is 1. The Morgan fingerprint density at radius 2 is 1.91 bits per heavy atom. The van der Waals surface area contributed by atoms with E-state index in [-0.39, 0.29) is 29.7 Å². The van der Waals surface area contributed by atoms with Gasteiger partial charge in [-0.05, 0) is 32.3 Å². The average Bonchev–Trinajstić information content (AvgIpc) is 3.76. The van der Waals surface area contributed by atoms with Crippen molar-refractivity contribution >= 4 is 34.2 Å². The third kappa shape index (κ3) is 6.12. The van der Waals surface area contributed by atoms with Gasteiger partial charge in [0.1, 0.15) is 17.0 Å². The van der Waals surface area contributed by atoms with Gasteiger partial charge in [0.15, 0.2) is 29.6 Å². The second-order valence-electron chi connectivity index (χ2n) is 11.4. The molecule has 6 rings (SSSR count). The maximum Gasteiger partial charge on any atom is 0.330 e. The van der Waals surface area contributed by atoms with Crippen LogP contribution in [0.2, 0.25) is 0 Å².